The number of Topliss-reactive ketones (excluding diaryl/α,β-unsaturated/α-hetero) is 1. The fourth-order valence-electron chi connectivity index (χ4n) is 4.83. The molecule has 1 unspecified atom stereocenters. The van der Waals surface area contributed by atoms with Crippen molar-refractivity contribution >= 4 is 50.3 Å². The number of thiophene rings is 1. The number of rotatable bonds is 3. The minimum Gasteiger partial charge on any atom is -0.506 e. The molecule has 5 rings (SSSR count). The van der Waals surface area contributed by atoms with Gasteiger partial charge in [0.05, 0.1) is 10.2 Å². The number of fused-ring (bicyclic) bond motifs is 1. The predicted octanol–water partition coefficient (Wildman–Crippen LogP) is 7.17. The van der Waals surface area contributed by atoms with Gasteiger partial charge in [-0.3, -0.25) is 14.5 Å². The summed E-state index contributed by atoms with van der Waals surface area (Å²) in [7, 11) is 0. The second kappa shape index (κ2) is 8.84. The van der Waals surface area contributed by atoms with Crippen molar-refractivity contribution in [3.63, 3.8) is 0 Å². The second-order valence-electron chi connectivity index (χ2n) is 9.61. The number of hydrogen-bond acceptors (Lipinski definition) is 6. The number of ketones is 1. The third kappa shape index (κ3) is 4.36. The zero-order chi connectivity index (χ0) is 24.9. The van der Waals surface area contributed by atoms with Gasteiger partial charge in [0.1, 0.15) is 23.2 Å². The molecule has 35 heavy (non-hydrogen) atoms. The quantitative estimate of drug-likeness (QED) is 0.336. The van der Waals surface area contributed by atoms with E-state index in [-0.39, 0.29) is 22.9 Å². The van der Waals surface area contributed by atoms with E-state index in [1.807, 2.05) is 36.4 Å². The summed E-state index contributed by atoms with van der Waals surface area (Å²) < 4.78 is 6.94. The monoisotopic (exact) mass is 552 g/mol. The van der Waals surface area contributed by atoms with Gasteiger partial charge in [-0.1, -0.05) is 32.0 Å². The first-order chi connectivity index (χ1) is 16.6. The third-order valence-electron chi connectivity index (χ3n) is 6.27. The van der Waals surface area contributed by atoms with Crippen LogP contribution in [0.2, 0.25) is 0 Å². The van der Waals surface area contributed by atoms with Gasteiger partial charge in [-0.2, -0.15) is 0 Å². The van der Waals surface area contributed by atoms with Crippen molar-refractivity contribution in [1.82, 2.24) is 0 Å². The van der Waals surface area contributed by atoms with Gasteiger partial charge in [0, 0.05) is 29.5 Å². The molecule has 2 aromatic carbocycles. The second-order valence-corrected chi connectivity index (χ2v) is 11.5. The van der Waals surface area contributed by atoms with Crippen molar-refractivity contribution in [2.45, 2.75) is 39.7 Å². The highest BCUT2D eigenvalue weighted by atomic mass is 79.9. The Morgan fingerprint density at radius 2 is 1.91 bits per heavy atom. The van der Waals surface area contributed by atoms with Crippen LogP contribution in [0.1, 0.15) is 44.5 Å². The van der Waals surface area contributed by atoms with Crippen molar-refractivity contribution in [1.29, 1.82) is 0 Å². The highest BCUT2D eigenvalue weighted by molar-refractivity contribution is 9.10. The first-order valence-corrected chi connectivity index (χ1v) is 12.9. The van der Waals surface area contributed by atoms with Crippen LogP contribution < -0.4 is 15.0 Å². The molecular weight excluding hydrogens is 528 g/mol. The summed E-state index contributed by atoms with van der Waals surface area (Å²) in [6.07, 6.45) is 1.000. The van der Waals surface area contributed by atoms with Crippen molar-refractivity contribution in [2.24, 2.45) is 5.41 Å². The standard InChI is InChI=1S/C27H25BrN2O4S/c1-15(31)30-18-8-6-9-19(32)25(18)29-17-13-27(2,3)14-20(33)24(17)26(30)22-11-12-23(35-22)34-21-10-5-4-7-16(21)28/h4-12,26,29,32H,13-14H2,1-3H3. The summed E-state index contributed by atoms with van der Waals surface area (Å²) in [6, 6.07) is 15.8. The van der Waals surface area contributed by atoms with Crippen molar-refractivity contribution < 1.29 is 19.4 Å². The van der Waals surface area contributed by atoms with E-state index in [4.69, 9.17) is 4.74 Å². The molecule has 2 heterocycles. The van der Waals surface area contributed by atoms with Gasteiger partial charge < -0.3 is 15.2 Å². The molecule has 1 aliphatic carbocycles. The Morgan fingerprint density at radius 3 is 2.66 bits per heavy atom. The van der Waals surface area contributed by atoms with Gasteiger partial charge in [0.15, 0.2) is 10.8 Å². The van der Waals surface area contributed by atoms with E-state index in [0.717, 1.165) is 15.0 Å². The van der Waals surface area contributed by atoms with Crippen molar-refractivity contribution in [3.8, 4) is 16.6 Å². The number of nitrogens with one attached hydrogen (secondary N) is 1. The van der Waals surface area contributed by atoms with Crippen LogP contribution in [-0.4, -0.2) is 16.8 Å². The molecule has 1 aromatic heterocycles. The first kappa shape index (κ1) is 23.6. The summed E-state index contributed by atoms with van der Waals surface area (Å²) in [6.45, 7) is 5.59. The molecule has 1 atom stereocenters. The summed E-state index contributed by atoms with van der Waals surface area (Å²) in [5.41, 5.74) is 2.02. The van der Waals surface area contributed by atoms with Gasteiger partial charge in [0.2, 0.25) is 5.91 Å². The SMILES string of the molecule is CC(=O)N1c2cccc(O)c2NC2=C(C(=O)CC(C)(C)C2)C1c1ccc(Oc2ccccc2Br)s1. The lowest BCUT2D eigenvalue weighted by atomic mass is 9.74. The number of phenols is 1. The minimum absolute atomic E-state index is 0.00559. The number of para-hydroxylation sites is 2. The number of halogens is 1. The number of anilines is 2. The Morgan fingerprint density at radius 1 is 1.14 bits per heavy atom. The average Bonchev–Trinajstić information content (AvgIpc) is 3.17. The average molecular weight is 553 g/mol. The molecule has 8 heteroatoms. The molecule has 1 amide bonds. The Labute approximate surface area is 216 Å². The Bertz CT molecular complexity index is 1380. The van der Waals surface area contributed by atoms with Gasteiger partial charge in [-0.05, 0) is 64.2 Å². The molecule has 1 aliphatic heterocycles. The maximum atomic E-state index is 13.6. The molecule has 0 saturated heterocycles. The Balaban J connectivity index is 1.67. The molecule has 0 bridgehead atoms. The molecular formula is C27H25BrN2O4S. The molecule has 3 aromatic rings. The van der Waals surface area contributed by atoms with E-state index in [1.165, 1.54) is 18.3 Å². The maximum Gasteiger partial charge on any atom is 0.224 e. The highest BCUT2D eigenvalue weighted by Gasteiger charge is 2.43. The van der Waals surface area contributed by atoms with E-state index >= 15 is 0 Å². The lowest BCUT2D eigenvalue weighted by molar-refractivity contribution is -0.118. The minimum atomic E-state index is -0.636. The summed E-state index contributed by atoms with van der Waals surface area (Å²) in [5.74, 6) is 0.476. The predicted molar refractivity (Wildman–Crippen MR) is 141 cm³/mol. The third-order valence-corrected chi connectivity index (χ3v) is 7.94. The number of amides is 1. The smallest absolute Gasteiger partial charge is 0.224 e. The van der Waals surface area contributed by atoms with Crippen LogP contribution in [0, 0.1) is 5.41 Å². The van der Waals surface area contributed by atoms with Crippen LogP contribution in [0.3, 0.4) is 0 Å². The maximum absolute atomic E-state index is 13.6. The largest absolute Gasteiger partial charge is 0.506 e. The molecule has 0 fully saturated rings. The summed E-state index contributed by atoms with van der Waals surface area (Å²) in [5, 5.41) is 14.7. The number of carbonyl (C=O) groups excluding carboxylic acids is 2. The van der Waals surface area contributed by atoms with Crippen molar-refractivity contribution in [3.05, 3.63) is 75.2 Å². The summed E-state index contributed by atoms with van der Waals surface area (Å²) in [4.78, 5) is 29.1. The zero-order valence-electron chi connectivity index (χ0n) is 19.6. The molecule has 0 radical (unpaired) electrons. The van der Waals surface area contributed by atoms with Crippen LogP contribution in [0.25, 0.3) is 0 Å². The van der Waals surface area contributed by atoms with Crippen LogP contribution in [0.4, 0.5) is 11.4 Å². The van der Waals surface area contributed by atoms with E-state index in [9.17, 15) is 14.7 Å². The van der Waals surface area contributed by atoms with Gasteiger partial charge in [0.25, 0.3) is 0 Å². The van der Waals surface area contributed by atoms with E-state index in [2.05, 4.69) is 35.1 Å². The number of hydrogen-bond donors (Lipinski definition) is 2. The number of phenolic OH excluding ortho intramolecular Hbond substituents is 1. The highest BCUT2D eigenvalue weighted by Crippen LogP contribution is 2.51. The number of benzene rings is 2. The van der Waals surface area contributed by atoms with Crippen LogP contribution >= 0.6 is 27.3 Å². The molecule has 180 valence electrons. The van der Waals surface area contributed by atoms with Gasteiger partial charge in [-0.15, -0.1) is 11.3 Å². The normalized spacial score (nSPS) is 18.9. The molecule has 0 saturated carbocycles. The van der Waals surface area contributed by atoms with Gasteiger partial charge >= 0.3 is 0 Å². The summed E-state index contributed by atoms with van der Waals surface area (Å²) >= 11 is 4.90. The molecule has 6 nitrogen and oxygen atoms in total. The number of carbonyl (C=O) groups is 2. The van der Waals surface area contributed by atoms with E-state index in [0.29, 0.717) is 40.6 Å². The fraction of sp³-hybridized carbons (Fsp3) is 0.259. The van der Waals surface area contributed by atoms with Crippen LogP contribution in [-0.2, 0) is 9.59 Å². The molecule has 2 aliphatic rings. The molecule has 2 N–H and O–H groups in total. The van der Waals surface area contributed by atoms with Crippen LogP contribution in [0.5, 0.6) is 16.6 Å². The van der Waals surface area contributed by atoms with Crippen molar-refractivity contribution in [2.75, 3.05) is 10.2 Å². The number of aromatic hydroxyl groups is 1. The Hall–Kier alpha value is -3.10. The molecule has 0 spiro atoms. The number of ether oxygens (including phenoxy) is 1. The van der Waals surface area contributed by atoms with Gasteiger partial charge in [-0.25, -0.2) is 0 Å². The number of allylic oxidation sites excluding steroid dienone is 1. The van der Waals surface area contributed by atoms with E-state index < -0.39 is 6.04 Å². The topological polar surface area (TPSA) is 78.9 Å². The Kier molecular flexibility index (Phi) is 5.97. The number of nitrogens with zero attached hydrogens (tertiary/aromatic N) is 1. The fourth-order valence-corrected chi connectivity index (χ4v) is 6.17. The van der Waals surface area contributed by atoms with Crippen LogP contribution in [0.15, 0.2) is 70.3 Å². The lowest BCUT2D eigenvalue weighted by Gasteiger charge is -2.36. The zero-order valence-corrected chi connectivity index (χ0v) is 22.0. The van der Waals surface area contributed by atoms with E-state index in [1.54, 1.807) is 23.1 Å². The first-order valence-electron chi connectivity index (χ1n) is 11.3. The lowest BCUT2D eigenvalue weighted by Crippen LogP contribution is -2.38.